The van der Waals surface area contributed by atoms with Gasteiger partial charge < -0.3 is 20.3 Å². The van der Waals surface area contributed by atoms with Crippen molar-refractivity contribution in [2.45, 2.75) is 39.0 Å². The van der Waals surface area contributed by atoms with Crippen molar-refractivity contribution in [2.75, 3.05) is 11.9 Å². The van der Waals surface area contributed by atoms with E-state index in [0.29, 0.717) is 12.3 Å². The van der Waals surface area contributed by atoms with Crippen LogP contribution >= 0.6 is 0 Å². The molecule has 0 aliphatic heterocycles. The Hall–Kier alpha value is -3.28. The number of nitrogens with one attached hydrogen (secondary N) is 1. The SMILES string of the molecule is CCCCCCCOc1ccc(NC2=CC(=O)c3c(O)ccc(O)c3C2=O)cc1. The molecule has 2 aromatic carbocycles. The number of phenols is 2. The van der Waals surface area contributed by atoms with Crippen molar-refractivity contribution in [3.05, 3.63) is 59.3 Å². The Bertz CT molecular complexity index is 931. The fourth-order valence-corrected chi connectivity index (χ4v) is 3.24. The highest BCUT2D eigenvalue weighted by atomic mass is 16.5. The third-order valence-electron chi connectivity index (χ3n) is 4.80. The van der Waals surface area contributed by atoms with Gasteiger partial charge in [-0.25, -0.2) is 0 Å². The van der Waals surface area contributed by atoms with Gasteiger partial charge in [-0.05, 0) is 42.8 Å². The lowest BCUT2D eigenvalue weighted by atomic mass is 9.91. The summed E-state index contributed by atoms with van der Waals surface area (Å²) in [5, 5.41) is 22.8. The van der Waals surface area contributed by atoms with Crippen LogP contribution in [0.5, 0.6) is 17.2 Å². The van der Waals surface area contributed by atoms with Gasteiger partial charge in [-0.2, -0.15) is 0 Å². The molecule has 0 fully saturated rings. The van der Waals surface area contributed by atoms with Crippen molar-refractivity contribution < 1.29 is 24.5 Å². The number of fused-ring (bicyclic) bond motifs is 1. The van der Waals surface area contributed by atoms with Crippen LogP contribution in [-0.2, 0) is 0 Å². The Kier molecular flexibility index (Phi) is 6.54. The van der Waals surface area contributed by atoms with Crippen LogP contribution in [0.1, 0.15) is 59.7 Å². The van der Waals surface area contributed by atoms with Gasteiger partial charge in [-0.1, -0.05) is 32.6 Å². The zero-order chi connectivity index (χ0) is 20.8. The van der Waals surface area contributed by atoms with Crippen LogP contribution in [0, 0.1) is 0 Å². The number of benzene rings is 2. The minimum atomic E-state index is -0.555. The number of hydrogen-bond donors (Lipinski definition) is 3. The van der Waals surface area contributed by atoms with E-state index in [2.05, 4.69) is 12.2 Å². The molecule has 6 heteroatoms. The highest BCUT2D eigenvalue weighted by molar-refractivity contribution is 6.27. The predicted octanol–water partition coefficient (Wildman–Crippen LogP) is 4.82. The van der Waals surface area contributed by atoms with E-state index in [4.69, 9.17) is 4.74 Å². The van der Waals surface area contributed by atoms with Gasteiger partial charge in [0.2, 0.25) is 5.78 Å². The third-order valence-corrected chi connectivity index (χ3v) is 4.80. The molecule has 0 amide bonds. The molecule has 0 unspecified atom stereocenters. The van der Waals surface area contributed by atoms with E-state index >= 15 is 0 Å². The molecule has 0 radical (unpaired) electrons. The quantitative estimate of drug-likeness (QED) is 0.416. The van der Waals surface area contributed by atoms with E-state index in [0.717, 1.165) is 24.7 Å². The number of ether oxygens (including phenoxy) is 1. The number of unbranched alkanes of at least 4 members (excludes halogenated alkanes) is 4. The summed E-state index contributed by atoms with van der Waals surface area (Å²) < 4.78 is 5.72. The van der Waals surface area contributed by atoms with Crippen LogP contribution in [0.2, 0.25) is 0 Å². The van der Waals surface area contributed by atoms with Crippen molar-refractivity contribution in [3.63, 3.8) is 0 Å². The average Bonchev–Trinajstić information content (AvgIpc) is 2.71. The Morgan fingerprint density at radius 1 is 0.862 bits per heavy atom. The van der Waals surface area contributed by atoms with E-state index in [1.54, 1.807) is 24.3 Å². The number of rotatable bonds is 9. The molecule has 3 rings (SSSR count). The third kappa shape index (κ3) is 4.77. The topological polar surface area (TPSA) is 95.9 Å². The number of hydrogen-bond acceptors (Lipinski definition) is 6. The van der Waals surface area contributed by atoms with Crippen LogP contribution in [0.15, 0.2) is 48.2 Å². The molecule has 6 nitrogen and oxygen atoms in total. The Balaban J connectivity index is 1.63. The second-order valence-corrected chi connectivity index (χ2v) is 7.02. The maximum absolute atomic E-state index is 12.7. The molecule has 0 heterocycles. The molecule has 0 atom stereocenters. The Morgan fingerprint density at radius 3 is 2.21 bits per heavy atom. The van der Waals surface area contributed by atoms with Crippen LogP contribution in [-0.4, -0.2) is 28.4 Å². The molecule has 0 bridgehead atoms. The van der Waals surface area contributed by atoms with Crippen LogP contribution in [0.25, 0.3) is 0 Å². The molecule has 0 spiro atoms. The maximum atomic E-state index is 12.7. The summed E-state index contributed by atoms with van der Waals surface area (Å²) in [4.78, 5) is 25.0. The molecular weight excluding hydrogens is 370 g/mol. The van der Waals surface area contributed by atoms with Gasteiger partial charge in [0, 0.05) is 11.8 Å². The molecular formula is C23H25NO5. The zero-order valence-corrected chi connectivity index (χ0v) is 16.4. The first-order valence-corrected chi connectivity index (χ1v) is 9.86. The normalized spacial score (nSPS) is 13.1. The number of Topliss-reactive ketones (excluding diaryl/α,β-unsaturated/α-hetero) is 1. The Labute approximate surface area is 169 Å². The monoisotopic (exact) mass is 395 g/mol. The fraction of sp³-hybridized carbons (Fsp3) is 0.304. The predicted molar refractivity (Wildman–Crippen MR) is 111 cm³/mol. The standard InChI is InChI=1S/C23H25NO5/c1-2-3-4-5-6-13-29-16-9-7-15(8-10-16)24-17-14-20(27)21-18(25)11-12-19(26)22(21)23(17)28/h7-12,14,24-26H,2-6,13H2,1H3. The second-order valence-electron chi connectivity index (χ2n) is 7.02. The number of carbonyl (C=O) groups excluding carboxylic acids is 2. The van der Waals surface area contributed by atoms with Crippen molar-refractivity contribution in [2.24, 2.45) is 0 Å². The van der Waals surface area contributed by atoms with Crippen LogP contribution < -0.4 is 10.1 Å². The Morgan fingerprint density at radius 2 is 1.52 bits per heavy atom. The summed E-state index contributed by atoms with van der Waals surface area (Å²) in [6.07, 6.45) is 6.98. The summed E-state index contributed by atoms with van der Waals surface area (Å²) in [6.45, 7) is 2.85. The van der Waals surface area contributed by atoms with Gasteiger partial charge in [-0.15, -0.1) is 0 Å². The number of ketones is 2. The van der Waals surface area contributed by atoms with Crippen molar-refractivity contribution in [1.82, 2.24) is 0 Å². The number of phenolic OH excluding ortho intramolecular Hbond substituents is 2. The van der Waals surface area contributed by atoms with E-state index in [-0.39, 0.29) is 28.3 Å². The fourth-order valence-electron chi connectivity index (χ4n) is 3.24. The van der Waals surface area contributed by atoms with Gasteiger partial charge >= 0.3 is 0 Å². The largest absolute Gasteiger partial charge is 0.507 e. The molecule has 1 aliphatic rings. The van der Waals surface area contributed by atoms with E-state index < -0.39 is 11.6 Å². The molecule has 2 aromatic rings. The van der Waals surface area contributed by atoms with Gasteiger partial charge in [0.25, 0.3) is 0 Å². The lowest BCUT2D eigenvalue weighted by molar-refractivity contribution is 0.0980. The number of carbonyl (C=O) groups is 2. The van der Waals surface area contributed by atoms with E-state index in [1.807, 2.05) is 0 Å². The maximum Gasteiger partial charge on any atom is 0.213 e. The lowest BCUT2D eigenvalue weighted by Gasteiger charge is -2.18. The first-order chi connectivity index (χ1) is 14.0. The number of aromatic hydroxyl groups is 2. The average molecular weight is 395 g/mol. The molecule has 1 aliphatic carbocycles. The van der Waals surface area contributed by atoms with Crippen molar-refractivity contribution >= 4 is 17.3 Å². The van der Waals surface area contributed by atoms with Gasteiger partial charge in [0.15, 0.2) is 5.78 Å². The first-order valence-electron chi connectivity index (χ1n) is 9.86. The van der Waals surface area contributed by atoms with Gasteiger partial charge in [0.1, 0.15) is 17.2 Å². The highest BCUT2D eigenvalue weighted by Crippen LogP contribution is 2.35. The van der Waals surface area contributed by atoms with E-state index in [1.165, 1.54) is 31.4 Å². The highest BCUT2D eigenvalue weighted by Gasteiger charge is 2.31. The summed E-state index contributed by atoms with van der Waals surface area (Å²) in [7, 11) is 0. The van der Waals surface area contributed by atoms with Crippen LogP contribution in [0.3, 0.4) is 0 Å². The van der Waals surface area contributed by atoms with Crippen molar-refractivity contribution in [1.29, 1.82) is 0 Å². The second kappa shape index (κ2) is 9.28. The lowest BCUT2D eigenvalue weighted by Crippen LogP contribution is -2.21. The van der Waals surface area contributed by atoms with Gasteiger partial charge in [-0.3, -0.25) is 9.59 Å². The summed E-state index contributed by atoms with van der Waals surface area (Å²) in [6, 6.07) is 9.47. The molecule has 0 saturated heterocycles. The van der Waals surface area contributed by atoms with E-state index in [9.17, 15) is 19.8 Å². The molecule has 0 saturated carbocycles. The summed E-state index contributed by atoms with van der Waals surface area (Å²) in [5.74, 6) is -1.04. The number of anilines is 1. The zero-order valence-electron chi connectivity index (χ0n) is 16.4. The minimum Gasteiger partial charge on any atom is -0.507 e. The molecule has 3 N–H and O–H groups in total. The molecule has 152 valence electrons. The van der Waals surface area contributed by atoms with Crippen molar-refractivity contribution in [3.8, 4) is 17.2 Å². The number of allylic oxidation sites excluding steroid dienone is 2. The molecule has 0 aromatic heterocycles. The van der Waals surface area contributed by atoms with Gasteiger partial charge in [0.05, 0.1) is 23.4 Å². The summed E-state index contributed by atoms with van der Waals surface area (Å²) >= 11 is 0. The van der Waals surface area contributed by atoms with Crippen LogP contribution in [0.4, 0.5) is 5.69 Å². The first kappa shape index (κ1) is 20.5. The summed E-state index contributed by atoms with van der Waals surface area (Å²) in [5.41, 5.74) is 0.273. The minimum absolute atomic E-state index is 0.0352. The smallest absolute Gasteiger partial charge is 0.213 e. The molecule has 29 heavy (non-hydrogen) atoms.